The highest BCUT2D eigenvalue weighted by Crippen LogP contribution is 2.23. The molecule has 1 fully saturated rings. The monoisotopic (exact) mass is 287 g/mol. The summed E-state index contributed by atoms with van der Waals surface area (Å²) in [4.78, 5) is 13.1. The van der Waals surface area contributed by atoms with Gasteiger partial charge in [0.05, 0.1) is 5.69 Å². The van der Waals surface area contributed by atoms with Crippen molar-refractivity contribution in [2.75, 3.05) is 13.1 Å². The Balaban J connectivity index is 1.68. The summed E-state index contributed by atoms with van der Waals surface area (Å²) in [6.07, 6.45) is 0.450. The maximum Gasteiger partial charge on any atom is 0.325 e. The Morgan fingerprint density at radius 1 is 1.43 bits per heavy atom. The van der Waals surface area contributed by atoms with Gasteiger partial charge in [-0.2, -0.15) is 0 Å². The van der Waals surface area contributed by atoms with Crippen LogP contribution in [0, 0.1) is 0 Å². The molecule has 1 unspecified atom stereocenters. The van der Waals surface area contributed by atoms with Crippen LogP contribution in [0.1, 0.15) is 12.1 Å². The highest BCUT2D eigenvalue weighted by atomic mass is 16.5. The first-order chi connectivity index (χ1) is 10.1. The van der Waals surface area contributed by atoms with Gasteiger partial charge in [-0.1, -0.05) is 35.5 Å². The Morgan fingerprint density at radius 2 is 2.19 bits per heavy atom. The number of nitrogens with zero attached hydrogens (tertiary/aromatic N) is 2. The summed E-state index contributed by atoms with van der Waals surface area (Å²) in [7, 11) is 0. The number of carbonyl (C=O) groups is 1. The van der Waals surface area contributed by atoms with E-state index in [1.54, 1.807) is 0 Å². The number of benzene rings is 1. The molecule has 2 aromatic rings. The highest BCUT2D eigenvalue weighted by molar-refractivity contribution is 5.79. The number of aliphatic carboxylic acids is 1. The lowest BCUT2D eigenvalue weighted by atomic mass is 10.0. The number of hydrogen-bond acceptors (Lipinski definition) is 5. The number of carboxylic acids is 1. The zero-order valence-corrected chi connectivity index (χ0v) is 11.5. The van der Waals surface area contributed by atoms with E-state index in [1.165, 1.54) is 0 Å². The molecule has 6 heteroatoms. The maximum absolute atomic E-state index is 11.1. The summed E-state index contributed by atoms with van der Waals surface area (Å²) in [5.74, 6) is -0.239. The molecule has 0 saturated carbocycles. The molecule has 0 radical (unpaired) electrons. The third-order valence-electron chi connectivity index (χ3n) is 3.81. The minimum Gasteiger partial charge on any atom is -0.480 e. The van der Waals surface area contributed by atoms with E-state index in [9.17, 15) is 4.79 Å². The molecule has 0 aliphatic carbocycles. The molecule has 21 heavy (non-hydrogen) atoms. The Kier molecular flexibility index (Phi) is 3.48. The second-order valence-electron chi connectivity index (χ2n) is 5.47. The smallest absolute Gasteiger partial charge is 0.325 e. The molecule has 2 heterocycles. The normalized spacial score (nSPS) is 22.5. The van der Waals surface area contributed by atoms with Crippen molar-refractivity contribution < 1.29 is 14.4 Å². The van der Waals surface area contributed by atoms with Crippen molar-refractivity contribution in [3.63, 3.8) is 0 Å². The third kappa shape index (κ3) is 2.81. The summed E-state index contributed by atoms with van der Waals surface area (Å²) in [6.45, 7) is 1.52. The van der Waals surface area contributed by atoms with Crippen LogP contribution in [0.15, 0.2) is 40.9 Å². The summed E-state index contributed by atoms with van der Waals surface area (Å²) in [5, 5.41) is 13.2. The molecule has 0 bridgehead atoms. The van der Waals surface area contributed by atoms with Crippen LogP contribution in [0.25, 0.3) is 11.3 Å². The Morgan fingerprint density at radius 3 is 2.86 bits per heavy atom. The van der Waals surface area contributed by atoms with Gasteiger partial charge < -0.3 is 15.4 Å². The zero-order valence-electron chi connectivity index (χ0n) is 11.5. The van der Waals surface area contributed by atoms with Crippen molar-refractivity contribution in [3.8, 4) is 11.3 Å². The minimum atomic E-state index is -1.15. The fourth-order valence-corrected chi connectivity index (χ4v) is 2.58. The Bertz CT molecular complexity index is 641. The van der Waals surface area contributed by atoms with Gasteiger partial charge in [-0.25, -0.2) is 0 Å². The van der Waals surface area contributed by atoms with Gasteiger partial charge in [0.15, 0.2) is 5.76 Å². The average Bonchev–Trinajstić information content (AvgIpc) is 3.08. The molecular formula is C15H17N3O3. The van der Waals surface area contributed by atoms with Gasteiger partial charge >= 0.3 is 5.97 Å². The van der Waals surface area contributed by atoms with Crippen LogP contribution >= 0.6 is 0 Å². The van der Waals surface area contributed by atoms with Crippen molar-refractivity contribution in [2.24, 2.45) is 5.73 Å². The van der Waals surface area contributed by atoms with Crippen LogP contribution in [0.5, 0.6) is 0 Å². The predicted molar refractivity (Wildman–Crippen MR) is 76.4 cm³/mol. The summed E-state index contributed by atoms with van der Waals surface area (Å²) >= 11 is 0. The number of rotatable bonds is 4. The van der Waals surface area contributed by atoms with Crippen LogP contribution in [0.3, 0.4) is 0 Å². The van der Waals surface area contributed by atoms with Gasteiger partial charge in [0.25, 0.3) is 0 Å². The van der Waals surface area contributed by atoms with E-state index in [2.05, 4.69) is 5.16 Å². The Labute approximate surface area is 122 Å². The predicted octanol–water partition coefficient (Wildman–Crippen LogP) is 1.33. The van der Waals surface area contributed by atoms with Crippen molar-refractivity contribution in [2.45, 2.75) is 18.5 Å². The van der Waals surface area contributed by atoms with Crippen LogP contribution < -0.4 is 5.73 Å². The molecular weight excluding hydrogens is 270 g/mol. The lowest BCUT2D eigenvalue weighted by molar-refractivity contribution is -0.142. The summed E-state index contributed by atoms with van der Waals surface area (Å²) < 4.78 is 5.34. The van der Waals surface area contributed by atoms with Crippen LogP contribution in [-0.2, 0) is 11.3 Å². The summed E-state index contributed by atoms with van der Waals surface area (Å²) in [5.41, 5.74) is 6.46. The third-order valence-corrected chi connectivity index (χ3v) is 3.81. The van der Waals surface area contributed by atoms with Gasteiger partial charge in [0.2, 0.25) is 0 Å². The molecule has 1 aliphatic rings. The van der Waals surface area contributed by atoms with Crippen LogP contribution in [0.2, 0.25) is 0 Å². The number of likely N-dealkylation sites (tertiary alicyclic amines) is 1. The SMILES string of the molecule is NC1(C(=O)O)CCN(Cc2cc(-c3ccccc3)on2)C1. The zero-order chi connectivity index (χ0) is 14.9. The molecule has 3 N–H and O–H groups in total. The topological polar surface area (TPSA) is 92.6 Å². The maximum atomic E-state index is 11.1. The molecule has 1 aromatic carbocycles. The van der Waals surface area contributed by atoms with Crippen molar-refractivity contribution in [1.82, 2.24) is 10.1 Å². The van der Waals surface area contributed by atoms with E-state index in [0.29, 0.717) is 31.8 Å². The Hall–Kier alpha value is -2.18. The van der Waals surface area contributed by atoms with Gasteiger partial charge in [-0.15, -0.1) is 0 Å². The fraction of sp³-hybridized carbons (Fsp3) is 0.333. The first-order valence-corrected chi connectivity index (χ1v) is 6.82. The number of hydrogen-bond donors (Lipinski definition) is 2. The van der Waals surface area contributed by atoms with Gasteiger partial charge in [0, 0.05) is 31.3 Å². The molecule has 6 nitrogen and oxygen atoms in total. The average molecular weight is 287 g/mol. The molecule has 0 amide bonds. The first kappa shape index (κ1) is 13.8. The molecule has 1 atom stereocenters. The number of aromatic nitrogens is 1. The van der Waals surface area contributed by atoms with Gasteiger partial charge in [0.1, 0.15) is 5.54 Å². The molecule has 1 aliphatic heterocycles. The number of nitrogens with two attached hydrogens (primary N) is 1. The van der Waals surface area contributed by atoms with Crippen LogP contribution in [0.4, 0.5) is 0 Å². The van der Waals surface area contributed by atoms with Crippen molar-refractivity contribution in [1.29, 1.82) is 0 Å². The standard InChI is InChI=1S/C15H17N3O3/c16-15(14(19)20)6-7-18(10-15)9-12-8-13(21-17-12)11-4-2-1-3-5-11/h1-5,8H,6-7,9-10,16H2,(H,19,20). The molecule has 110 valence electrons. The quantitative estimate of drug-likeness (QED) is 0.881. The molecule has 0 spiro atoms. The lowest BCUT2D eigenvalue weighted by Crippen LogP contribution is -2.50. The molecule has 1 aromatic heterocycles. The number of carboxylic acid groups (broad SMARTS) is 1. The van der Waals surface area contributed by atoms with E-state index >= 15 is 0 Å². The van der Waals surface area contributed by atoms with Gasteiger partial charge in [-0.3, -0.25) is 9.69 Å². The molecule has 3 rings (SSSR count). The minimum absolute atomic E-state index is 0.329. The molecule has 1 saturated heterocycles. The fourth-order valence-electron chi connectivity index (χ4n) is 2.58. The largest absolute Gasteiger partial charge is 0.480 e. The van der Waals surface area contributed by atoms with E-state index in [4.69, 9.17) is 15.4 Å². The van der Waals surface area contributed by atoms with Crippen molar-refractivity contribution in [3.05, 3.63) is 42.1 Å². The van der Waals surface area contributed by atoms with Crippen LogP contribution in [-0.4, -0.2) is 39.8 Å². The van der Waals surface area contributed by atoms with E-state index in [-0.39, 0.29) is 0 Å². The second kappa shape index (κ2) is 5.31. The van der Waals surface area contributed by atoms with Crippen molar-refractivity contribution >= 4 is 5.97 Å². The van der Waals surface area contributed by atoms with E-state index < -0.39 is 11.5 Å². The summed E-state index contributed by atoms with van der Waals surface area (Å²) in [6, 6.07) is 11.6. The highest BCUT2D eigenvalue weighted by Gasteiger charge is 2.41. The van der Waals surface area contributed by atoms with E-state index in [1.807, 2.05) is 41.3 Å². The first-order valence-electron chi connectivity index (χ1n) is 6.82. The lowest BCUT2D eigenvalue weighted by Gasteiger charge is -2.19. The van der Waals surface area contributed by atoms with Gasteiger partial charge in [-0.05, 0) is 6.42 Å². The second-order valence-corrected chi connectivity index (χ2v) is 5.47. The van der Waals surface area contributed by atoms with E-state index in [0.717, 1.165) is 11.3 Å².